The highest BCUT2D eigenvalue weighted by atomic mass is 35.5. The average Bonchev–Trinajstić information content (AvgIpc) is 2.17. The molecule has 3 nitrogen and oxygen atoms in total. The molecule has 0 saturated carbocycles. The molecule has 0 atom stereocenters. The summed E-state index contributed by atoms with van der Waals surface area (Å²) in [5.74, 6) is 0. The Morgan fingerprint density at radius 1 is 1.36 bits per heavy atom. The van der Waals surface area contributed by atoms with E-state index < -0.39 is 15.2 Å². The summed E-state index contributed by atoms with van der Waals surface area (Å²) in [7, 11) is -3.32. The second-order valence-corrected chi connectivity index (χ2v) is 5.36. The number of rotatable bonds is 4. The third-order valence-corrected chi connectivity index (χ3v) is 3.62. The molecule has 0 heterocycles. The van der Waals surface area contributed by atoms with Crippen LogP contribution in [0.3, 0.4) is 0 Å². The highest BCUT2D eigenvalue weighted by molar-refractivity contribution is 7.90. The number of benzene rings is 1. The molecule has 1 N–H and O–H groups in total. The first-order valence-corrected chi connectivity index (χ1v) is 6.31. The van der Waals surface area contributed by atoms with Crippen molar-refractivity contribution in [1.29, 1.82) is 0 Å². The van der Waals surface area contributed by atoms with Gasteiger partial charge in [0.15, 0.2) is 0 Å². The summed E-state index contributed by atoms with van der Waals surface area (Å²) in [6.45, 7) is 2.23. The number of halogens is 1. The van der Waals surface area contributed by atoms with Crippen LogP contribution < -0.4 is 4.72 Å². The summed E-state index contributed by atoms with van der Waals surface area (Å²) in [6.07, 6.45) is 0. The molecule has 5 heteroatoms. The third kappa shape index (κ3) is 3.29. The Hall–Kier alpha value is -0.580. The van der Waals surface area contributed by atoms with Crippen LogP contribution in [0.5, 0.6) is 0 Å². The van der Waals surface area contributed by atoms with Crippen molar-refractivity contribution in [2.75, 3.05) is 5.21 Å². The summed E-state index contributed by atoms with van der Waals surface area (Å²) < 4.78 is 24.5. The van der Waals surface area contributed by atoms with Crippen molar-refractivity contribution in [3.63, 3.8) is 0 Å². The molecule has 0 fully saturated rings. The summed E-state index contributed by atoms with van der Waals surface area (Å²) >= 11 is 5.25. The van der Waals surface area contributed by atoms with Crippen molar-refractivity contribution in [2.45, 2.75) is 13.5 Å². The number of alkyl halides is 1. The minimum absolute atomic E-state index is 0.293. The van der Waals surface area contributed by atoms with E-state index in [9.17, 15) is 8.42 Å². The van der Waals surface area contributed by atoms with Crippen molar-refractivity contribution < 1.29 is 8.42 Å². The minimum atomic E-state index is -3.32. The van der Waals surface area contributed by atoms with Crippen molar-refractivity contribution in [2.24, 2.45) is 0 Å². The van der Waals surface area contributed by atoms with Gasteiger partial charge in [-0.05, 0) is 18.1 Å². The van der Waals surface area contributed by atoms with Crippen LogP contribution in [0, 0.1) is 6.92 Å². The summed E-state index contributed by atoms with van der Waals surface area (Å²) in [5, 5.41) is -0.404. The first kappa shape index (κ1) is 11.5. The first-order chi connectivity index (χ1) is 6.55. The zero-order chi connectivity index (χ0) is 10.6. The maximum absolute atomic E-state index is 11.0. The lowest BCUT2D eigenvalue weighted by Gasteiger charge is -2.06. The van der Waals surface area contributed by atoms with Gasteiger partial charge in [0.2, 0.25) is 10.0 Å². The lowest BCUT2D eigenvalue weighted by atomic mass is 10.1. The molecule has 78 valence electrons. The van der Waals surface area contributed by atoms with E-state index in [1.54, 1.807) is 0 Å². The van der Waals surface area contributed by atoms with Gasteiger partial charge < -0.3 is 0 Å². The highest BCUT2D eigenvalue weighted by Gasteiger charge is 2.07. The summed E-state index contributed by atoms with van der Waals surface area (Å²) in [4.78, 5) is 0. The monoisotopic (exact) mass is 233 g/mol. The van der Waals surface area contributed by atoms with Crippen LogP contribution in [0.4, 0.5) is 0 Å². The molecule has 0 amide bonds. The molecule has 0 aliphatic heterocycles. The van der Waals surface area contributed by atoms with Crippen molar-refractivity contribution in [3.8, 4) is 0 Å². The Labute approximate surface area is 89.1 Å². The van der Waals surface area contributed by atoms with Crippen LogP contribution in [0.25, 0.3) is 0 Å². The molecule has 0 radical (unpaired) electrons. The Bertz CT molecular complexity index is 403. The standard InChI is InChI=1S/C9H12ClNO2S/c1-8-4-2-3-5-9(8)6-11-14(12,13)7-10/h2-5,11H,6-7H2,1H3. The van der Waals surface area contributed by atoms with E-state index in [4.69, 9.17) is 11.6 Å². The fourth-order valence-corrected chi connectivity index (χ4v) is 1.72. The van der Waals surface area contributed by atoms with Gasteiger partial charge in [0.1, 0.15) is 5.21 Å². The molecule has 0 unspecified atom stereocenters. The second-order valence-electron chi connectivity index (χ2n) is 2.97. The van der Waals surface area contributed by atoms with Crippen molar-refractivity contribution in [1.82, 2.24) is 4.72 Å². The van der Waals surface area contributed by atoms with E-state index in [0.29, 0.717) is 6.54 Å². The number of nitrogens with one attached hydrogen (secondary N) is 1. The molecule has 0 spiro atoms. The van der Waals surface area contributed by atoms with Gasteiger partial charge >= 0.3 is 0 Å². The maximum Gasteiger partial charge on any atom is 0.225 e. The lowest BCUT2D eigenvalue weighted by molar-refractivity contribution is 0.586. The average molecular weight is 234 g/mol. The molecular formula is C9H12ClNO2S. The van der Waals surface area contributed by atoms with Gasteiger partial charge in [0.05, 0.1) is 0 Å². The zero-order valence-electron chi connectivity index (χ0n) is 7.83. The number of aryl methyl sites for hydroxylation is 1. The molecule has 14 heavy (non-hydrogen) atoms. The van der Waals surface area contributed by atoms with Gasteiger partial charge in [-0.3, -0.25) is 0 Å². The van der Waals surface area contributed by atoms with E-state index in [1.807, 2.05) is 31.2 Å². The molecule has 1 aromatic rings. The predicted octanol–water partition coefficient (Wildman–Crippen LogP) is 1.61. The molecule has 0 aromatic heterocycles. The molecular weight excluding hydrogens is 222 g/mol. The normalized spacial score (nSPS) is 11.6. The zero-order valence-corrected chi connectivity index (χ0v) is 9.40. The Balaban J connectivity index is 2.68. The van der Waals surface area contributed by atoms with Gasteiger partial charge in [-0.2, -0.15) is 0 Å². The largest absolute Gasteiger partial charge is 0.225 e. The Kier molecular flexibility index (Phi) is 3.92. The van der Waals surface area contributed by atoms with Crippen LogP contribution in [0.15, 0.2) is 24.3 Å². The van der Waals surface area contributed by atoms with E-state index in [-0.39, 0.29) is 0 Å². The number of sulfonamides is 1. The van der Waals surface area contributed by atoms with E-state index in [1.165, 1.54) is 0 Å². The van der Waals surface area contributed by atoms with Crippen LogP contribution in [0.2, 0.25) is 0 Å². The second kappa shape index (κ2) is 4.77. The van der Waals surface area contributed by atoms with Gasteiger partial charge in [0.25, 0.3) is 0 Å². The molecule has 0 saturated heterocycles. The topological polar surface area (TPSA) is 46.2 Å². The maximum atomic E-state index is 11.0. The molecule has 0 bridgehead atoms. The van der Waals surface area contributed by atoms with Crippen molar-refractivity contribution in [3.05, 3.63) is 35.4 Å². The Morgan fingerprint density at radius 3 is 2.57 bits per heavy atom. The van der Waals surface area contributed by atoms with Crippen LogP contribution in [0.1, 0.15) is 11.1 Å². The van der Waals surface area contributed by atoms with Gasteiger partial charge in [-0.1, -0.05) is 24.3 Å². The van der Waals surface area contributed by atoms with Gasteiger partial charge in [-0.15, -0.1) is 11.6 Å². The SMILES string of the molecule is Cc1ccccc1CNS(=O)(=O)CCl. The minimum Gasteiger partial charge on any atom is -0.211 e. The molecule has 0 aliphatic carbocycles. The quantitative estimate of drug-likeness (QED) is 0.804. The van der Waals surface area contributed by atoms with Gasteiger partial charge in [0, 0.05) is 6.54 Å². The van der Waals surface area contributed by atoms with E-state index >= 15 is 0 Å². The van der Waals surface area contributed by atoms with Crippen LogP contribution in [-0.4, -0.2) is 13.6 Å². The lowest BCUT2D eigenvalue weighted by Crippen LogP contribution is -2.24. The fraction of sp³-hybridized carbons (Fsp3) is 0.333. The first-order valence-electron chi connectivity index (χ1n) is 4.13. The highest BCUT2D eigenvalue weighted by Crippen LogP contribution is 2.06. The number of hydrogen-bond acceptors (Lipinski definition) is 2. The van der Waals surface area contributed by atoms with Crippen LogP contribution >= 0.6 is 11.6 Å². The van der Waals surface area contributed by atoms with Crippen molar-refractivity contribution >= 4 is 21.6 Å². The summed E-state index contributed by atoms with van der Waals surface area (Å²) in [5.41, 5.74) is 2.02. The van der Waals surface area contributed by atoms with Crippen LogP contribution in [-0.2, 0) is 16.6 Å². The molecule has 0 aliphatic rings. The Morgan fingerprint density at radius 2 is 2.00 bits per heavy atom. The van der Waals surface area contributed by atoms with E-state index in [0.717, 1.165) is 11.1 Å². The number of hydrogen-bond donors (Lipinski definition) is 1. The van der Waals surface area contributed by atoms with Gasteiger partial charge in [-0.25, -0.2) is 13.1 Å². The third-order valence-electron chi connectivity index (χ3n) is 1.89. The molecule has 1 rings (SSSR count). The summed E-state index contributed by atoms with van der Waals surface area (Å²) in [6, 6.07) is 7.60. The predicted molar refractivity (Wildman–Crippen MR) is 57.7 cm³/mol. The molecule has 1 aromatic carbocycles. The fourth-order valence-electron chi connectivity index (χ4n) is 1.03. The van der Waals surface area contributed by atoms with E-state index in [2.05, 4.69) is 4.72 Å². The smallest absolute Gasteiger partial charge is 0.211 e.